The van der Waals surface area contributed by atoms with Crippen molar-refractivity contribution in [1.82, 2.24) is 4.90 Å². The first kappa shape index (κ1) is 11.4. The number of carbonyl (C=O) groups excluding carboxylic acids is 2. The molecule has 1 amide bonds. The van der Waals surface area contributed by atoms with E-state index in [0.717, 1.165) is 5.56 Å². The lowest BCUT2D eigenvalue weighted by molar-refractivity contribution is -0.117. The zero-order valence-electron chi connectivity index (χ0n) is 9.28. The van der Waals surface area contributed by atoms with Crippen molar-refractivity contribution in [2.24, 2.45) is 0 Å². The summed E-state index contributed by atoms with van der Waals surface area (Å²) in [6.45, 7) is 3.52. The van der Waals surface area contributed by atoms with E-state index in [9.17, 15) is 9.59 Å². The highest BCUT2D eigenvalue weighted by molar-refractivity contribution is 5.97. The van der Waals surface area contributed by atoms with Gasteiger partial charge in [-0.15, -0.1) is 0 Å². The summed E-state index contributed by atoms with van der Waals surface area (Å²) in [7, 11) is 1.64. The van der Waals surface area contributed by atoms with Gasteiger partial charge in [-0.2, -0.15) is 0 Å². The Morgan fingerprint density at radius 1 is 1.27 bits per heavy atom. The summed E-state index contributed by atoms with van der Waals surface area (Å²) in [5.74, 6) is -0.122. The Balaban J connectivity index is 2.85. The van der Waals surface area contributed by atoms with Crippen LogP contribution in [0.3, 0.4) is 0 Å². The van der Waals surface area contributed by atoms with Gasteiger partial charge in [0.15, 0.2) is 0 Å². The molecule has 3 nitrogen and oxygen atoms in total. The van der Waals surface area contributed by atoms with E-state index in [-0.39, 0.29) is 18.2 Å². The van der Waals surface area contributed by atoms with Crippen LogP contribution in [0, 0.1) is 6.92 Å². The molecule has 0 saturated heterocycles. The van der Waals surface area contributed by atoms with E-state index in [0.29, 0.717) is 5.56 Å². The molecule has 0 spiro atoms. The smallest absolute Gasteiger partial charge is 0.254 e. The topological polar surface area (TPSA) is 37.4 Å². The molecule has 0 saturated carbocycles. The molecule has 80 valence electrons. The number of ketones is 1. The number of benzene rings is 1. The van der Waals surface area contributed by atoms with Gasteiger partial charge < -0.3 is 4.90 Å². The van der Waals surface area contributed by atoms with Crippen LogP contribution in [0.1, 0.15) is 22.8 Å². The summed E-state index contributed by atoms with van der Waals surface area (Å²) >= 11 is 0. The molecule has 0 fully saturated rings. The molecule has 0 aliphatic carbocycles. The van der Waals surface area contributed by atoms with Crippen LogP contribution in [0.2, 0.25) is 0 Å². The van der Waals surface area contributed by atoms with Crippen LogP contribution in [0.15, 0.2) is 24.3 Å². The number of aryl methyl sites for hydroxylation is 1. The Hall–Kier alpha value is -1.64. The molecule has 15 heavy (non-hydrogen) atoms. The van der Waals surface area contributed by atoms with Crippen molar-refractivity contribution in [3.63, 3.8) is 0 Å². The maximum absolute atomic E-state index is 11.9. The van der Waals surface area contributed by atoms with E-state index in [1.54, 1.807) is 13.1 Å². The van der Waals surface area contributed by atoms with Gasteiger partial charge in [0.05, 0.1) is 6.54 Å². The van der Waals surface area contributed by atoms with Crippen molar-refractivity contribution in [2.75, 3.05) is 13.6 Å². The maximum atomic E-state index is 11.9. The molecule has 0 radical (unpaired) electrons. The zero-order chi connectivity index (χ0) is 11.4. The second kappa shape index (κ2) is 4.73. The van der Waals surface area contributed by atoms with E-state index in [1.165, 1.54) is 11.8 Å². The second-order valence-corrected chi connectivity index (χ2v) is 3.68. The van der Waals surface area contributed by atoms with Crippen LogP contribution in [-0.4, -0.2) is 30.2 Å². The molecule has 0 aliphatic heterocycles. The van der Waals surface area contributed by atoms with E-state index in [1.807, 2.05) is 25.1 Å². The molecule has 0 N–H and O–H groups in total. The van der Waals surface area contributed by atoms with Gasteiger partial charge in [-0.05, 0) is 25.5 Å². The molecule has 0 aliphatic rings. The molecule has 1 rings (SSSR count). The predicted octanol–water partition coefficient (Wildman–Crippen LogP) is 1.66. The Labute approximate surface area is 89.7 Å². The molecule has 0 heterocycles. The number of Topliss-reactive ketones (excluding diaryl/α,β-unsaturated/α-hetero) is 1. The summed E-state index contributed by atoms with van der Waals surface area (Å²) in [6.07, 6.45) is 0. The summed E-state index contributed by atoms with van der Waals surface area (Å²) in [5.41, 5.74) is 1.58. The highest BCUT2D eigenvalue weighted by atomic mass is 16.2. The molecular formula is C12H15NO2. The number of hydrogen-bond donors (Lipinski definition) is 0. The molecule has 0 unspecified atom stereocenters. The van der Waals surface area contributed by atoms with E-state index in [4.69, 9.17) is 0 Å². The molecule has 3 heteroatoms. The fourth-order valence-electron chi connectivity index (χ4n) is 1.42. The monoisotopic (exact) mass is 205 g/mol. The number of amides is 1. The molecular weight excluding hydrogens is 190 g/mol. The standard InChI is InChI=1S/C12H15NO2/c1-9-6-4-5-7-11(9)12(15)13(3)8-10(2)14/h4-7H,8H2,1-3H3. The Morgan fingerprint density at radius 2 is 1.87 bits per heavy atom. The van der Waals surface area contributed by atoms with Crippen molar-refractivity contribution in [1.29, 1.82) is 0 Å². The van der Waals surface area contributed by atoms with Gasteiger partial charge in [0.25, 0.3) is 5.91 Å². The number of rotatable bonds is 3. The van der Waals surface area contributed by atoms with Crippen LogP contribution in [0.5, 0.6) is 0 Å². The first-order valence-electron chi connectivity index (χ1n) is 4.83. The molecule has 1 aromatic rings. The number of hydrogen-bond acceptors (Lipinski definition) is 2. The molecule has 0 aromatic heterocycles. The minimum Gasteiger partial charge on any atom is -0.334 e. The average molecular weight is 205 g/mol. The van der Waals surface area contributed by atoms with Crippen LogP contribution in [0.25, 0.3) is 0 Å². The largest absolute Gasteiger partial charge is 0.334 e. The average Bonchev–Trinajstić information content (AvgIpc) is 2.16. The second-order valence-electron chi connectivity index (χ2n) is 3.68. The summed E-state index contributed by atoms with van der Waals surface area (Å²) < 4.78 is 0. The van der Waals surface area contributed by atoms with Crippen molar-refractivity contribution in [2.45, 2.75) is 13.8 Å². The number of carbonyl (C=O) groups is 2. The summed E-state index contributed by atoms with van der Waals surface area (Å²) in [5, 5.41) is 0. The first-order chi connectivity index (χ1) is 7.02. The Bertz CT molecular complexity index is 385. The van der Waals surface area contributed by atoms with E-state index < -0.39 is 0 Å². The Kier molecular flexibility index (Phi) is 3.61. The summed E-state index contributed by atoms with van der Waals surface area (Å²) in [6, 6.07) is 7.36. The lowest BCUT2D eigenvalue weighted by atomic mass is 10.1. The number of nitrogens with zero attached hydrogens (tertiary/aromatic N) is 1. The minimum atomic E-state index is -0.108. The van der Waals surface area contributed by atoms with Gasteiger partial charge in [-0.1, -0.05) is 18.2 Å². The molecule has 0 atom stereocenters. The van der Waals surface area contributed by atoms with Crippen molar-refractivity contribution < 1.29 is 9.59 Å². The van der Waals surface area contributed by atoms with Crippen LogP contribution >= 0.6 is 0 Å². The van der Waals surface area contributed by atoms with Crippen molar-refractivity contribution in [3.8, 4) is 0 Å². The Morgan fingerprint density at radius 3 is 2.40 bits per heavy atom. The maximum Gasteiger partial charge on any atom is 0.254 e. The van der Waals surface area contributed by atoms with Gasteiger partial charge in [-0.3, -0.25) is 9.59 Å². The summed E-state index contributed by atoms with van der Waals surface area (Å²) in [4.78, 5) is 24.2. The van der Waals surface area contributed by atoms with Gasteiger partial charge >= 0.3 is 0 Å². The minimum absolute atomic E-state index is 0.0144. The third-order valence-electron chi connectivity index (χ3n) is 2.18. The SMILES string of the molecule is CC(=O)CN(C)C(=O)c1ccccc1C. The van der Waals surface area contributed by atoms with Crippen molar-refractivity contribution in [3.05, 3.63) is 35.4 Å². The lowest BCUT2D eigenvalue weighted by Crippen LogP contribution is -2.31. The fraction of sp³-hybridized carbons (Fsp3) is 0.333. The quantitative estimate of drug-likeness (QED) is 0.752. The third-order valence-corrected chi connectivity index (χ3v) is 2.18. The van der Waals surface area contributed by atoms with Crippen LogP contribution < -0.4 is 0 Å². The normalized spacial score (nSPS) is 9.80. The lowest BCUT2D eigenvalue weighted by Gasteiger charge is -2.16. The zero-order valence-corrected chi connectivity index (χ0v) is 9.28. The first-order valence-corrected chi connectivity index (χ1v) is 4.83. The predicted molar refractivity (Wildman–Crippen MR) is 58.8 cm³/mol. The molecule has 0 bridgehead atoms. The highest BCUT2D eigenvalue weighted by Gasteiger charge is 2.14. The van der Waals surface area contributed by atoms with Gasteiger partial charge in [0.1, 0.15) is 5.78 Å². The van der Waals surface area contributed by atoms with Gasteiger partial charge in [0, 0.05) is 12.6 Å². The van der Waals surface area contributed by atoms with Crippen LogP contribution in [0.4, 0.5) is 0 Å². The number of likely N-dealkylation sites (N-methyl/N-ethyl adjacent to an activating group) is 1. The van der Waals surface area contributed by atoms with E-state index >= 15 is 0 Å². The third kappa shape index (κ3) is 2.91. The van der Waals surface area contributed by atoms with Crippen molar-refractivity contribution >= 4 is 11.7 Å². The molecule has 1 aromatic carbocycles. The van der Waals surface area contributed by atoms with Gasteiger partial charge in [0.2, 0.25) is 0 Å². The van der Waals surface area contributed by atoms with E-state index in [2.05, 4.69) is 0 Å². The fourth-order valence-corrected chi connectivity index (χ4v) is 1.42. The van der Waals surface area contributed by atoms with Gasteiger partial charge in [-0.25, -0.2) is 0 Å². The highest BCUT2D eigenvalue weighted by Crippen LogP contribution is 2.09. The van der Waals surface area contributed by atoms with Crippen LogP contribution in [-0.2, 0) is 4.79 Å².